The number of carbonyl (C=O) groups excluding carboxylic acids is 2. The van der Waals surface area contributed by atoms with Crippen LogP contribution in [-0.4, -0.2) is 34.6 Å². The third-order valence-electron chi connectivity index (χ3n) is 8.56. The predicted octanol–water partition coefficient (Wildman–Crippen LogP) is 5.80. The van der Waals surface area contributed by atoms with Crippen molar-refractivity contribution >= 4 is 23.7 Å². The second-order valence-electron chi connectivity index (χ2n) is 10.8. The van der Waals surface area contributed by atoms with Gasteiger partial charge in [0.15, 0.2) is 11.5 Å². The van der Waals surface area contributed by atoms with Crippen LogP contribution in [0.1, 0.15) is 52.1 Å². The predicted molar refractivity (Wildman–Crippen MR) is 158 cm³/mol. The molecule has 1 heterocycles. The Morgan fingerprint density at radius 2 is 1.35 bits per heavy atom. The standard InChI is InChI=1S/C34H27N3O6/c1-2-42-28-17-21(13-16-27(28)43-19-20-11-14-22(15-12-20)37(40)41)18-35-36-33(38)31-29-23-7-3-4-8-24(23)30(32(31)34(36)39)26-10-6-5-9-25(26)29/h3-18,29-32H,2,19H2,1H3/b35-18-/t29?,30?,31-,32-/m1/s1. The highest BCUT2D eigenvalue weighted by molar-refractivity contribution is 6.08. The van der Waals surface area contributed by atoms with E-state index < -0.39 is 16.8 Å². The first-order valence-corrected chi connectivity index (χ1v) is 14.2. The number of nitro benzene ring substituents is 1. The van der Waals surface area contributed by atoms with Crippen LogP contribution in [0.3, 0.4) is 0 Å². The lowest BCUT2D eigenvalue weighted by atomic mass is 9.55. The molecule has 214 valence electrons. The smallest absolute Gasteiger partial charge is 0.269 e. The van der Waals surface area contributed by atoms with Gasteiger partial charge in [-0.1, -0.05) is 48.5 Å². The molecule has 3 aliphatic carbocycles. The lowest BCUT2D eigenvalue weighted by molar-refractivity contribution is -0.384. The quantitative estimate of drug-likeness (QED) is 0.114. The molecule has 8 rings (SSSR count). The van der Waals surface area contributed by atoms with Gasteiger partial charge in [0.25, 0.3) is 17.5 Å². The Kier molecular flexibility index (Phi) is 6.50. The molecule has 0 spiro atoms. The number of amides is 2. The van der Waals surface area contributed by atoms with Gasteiger partial charge in [-0.2, -0.15) is 10.1 Å². The van der Waals surface area contributed by atoms with Gasteiger partial charge in [-0.05, 0) is 70.6 Å². The maximum Gasteiger partial charge on any atom is 0.269 e. The number of ether oxygens (including phenoxy) is 2. The molecular formula is C34H27N3O6. The summed E-state index contributed by atoms with van der Waals surface area (Å²) < 4.78 is 11.7. The summed E-state index contributed by atoms with van der Waals surface area (Å²) in [5.41, 5.74) is 5.88. The molecule has 2 amide bonds. The van der Waals surface area contributed by atoms with Crippen LogP contribution in [0.2, 0.25) is 0 Å². The zero-order valence-electron chi connectivity index (χ0n) is 23.3. The summed E-state index contributed by atoms with van der Waals surface area (Å²) in [6.45, 7) is 2.44. The first-order valence-electron chi connectivity index (χ1n) is 14.2. The molecule has 4 aromatic carbocycles. The summed E-state index contributed by atoms with van der Waals surface area (Å²) >= 11 is 0. The SMILES string of the molecule is CCOc1cc(/C=N\N2C(=O)[C@@H]3C4c5ccccc5C(c5ccccc54)[C@H]3C2=O)ccc1OCc1ccc([N+](=O)[O-])cc1. The molecule has 9 heteroatoms. The highest BCUT2D eigenvalue weighted by atomic mass is 16.6. The van der Waals surface area contributed by atoms with Crippen LogP contribution in [-0.2, 0) is 16.2 Å². The number of imide groups is 1. The van der Waals surface area contributed by atoms with Gasteiger partial charge in [0.2, 0.25) is 0 Å². The molecule has 4 aromatic rings. The van der Waals surface area contributed by atoms with Gasteiger partial charge in [0, 0.05) is 24.0 Å². The number of hydrogen-bond acceptors (Lipinski definition) is 7. The van der Waals surface area contributed by atoms with Gasteiger partial charge < -0.3 is 9.47 Å². The Morgan fingerprint density at radius 1 is 0.791 bits per heavy atom. The van der Waals surface area contributed by atoms with E-state index in [0.717, 1.165) is 32.8 Å². The maximum absolute atomic E-state index is 13.8. The molecule has 0 saturated carbocycles. The summed E-state index contributed by atoms with van der Waals surface area (Å²) in [7, 11) is 0. The molecule has 2 bridgehead atoms. The van der Waals surface area contributed by atoms with Crippen molar-refractivity contribution in [1.82, 2.24) is 5.01 Å². The van der Waals surface area contributed by atoms with E-state index in [-0.39, 0.29) is 35.9 Å². The minimum atomic E-state index is -0.492. The van der Waals surface area contributed by atoms with Crippen LogP contribution in [0, 0.1) is 22.0 Å². The Hall–Kier alpha value is -5.31. The van der Waals surface area contributed by atoms with Crippen molar-refractivity contribution in [2.75, 3.05) is 6.61 Å². The first-order chi connectivity index (χ1) is 21.0. The molecule has 4 aliphatic rings. The molecule has 2 atom stereocenters. The second-order valence-corrected chi connectivity index (χ2v) is 10.8. The molecule has 0 radical (unpaired) electrons. The Labute approximate surface area is 247 Å². The zero-order valence-corrected chi connectivity index (χ0v) is 23.3. The fourth-order valence-corrected chi connectivity index (χ4v) is 6.77. The van der Waals surface area contributed by atoms with Crippen molar-refractivity contribution in [3.8, 4) is 11.5 Å². The molecule has 0 unspecified atom stereocenters. The fourth-order valence-electron chi connectivity index (χ4n) is 6.77. The Bertz CT molecular complexity index is 1680. The molecule has 1 saturated heterocycles. The van der Waals surface area contributed by atoms with Crippen LogP contribution < -0.4 is 9.47 Å². The fraction of sp³-hybridized carbons (Fsp3) is 0.206. The van der Waals surface area contributed by atoms with Crippen LogP contribution >= 0.6 is 0 Å². The van der Waals surface area contributed by atoms with E-state index in [2.05, 4.69) is 29.4 Å². The van der Waals surface area contributed by atoms with Gasteiger partial charge in [-0.25, -0.2) is 0 Å². The van der Waals surface area contributed by atoms with Gasteiger partial charge in [-0.3, -0.25) is 19.7 Å². The zero-order chi connectivity index (χ0) is 29.7. The average Bonchev–Trinajstić information content (AvgIpc) is 3.29. The van der Waals surface area contributed by atoms with E-state index in [0.29, 0.717) is 23.7 Å². The Balaban J connectivity index is 1.13. The van der Waals surface area contributed by atoms with Crippen molar-refractivity contribution in [1.29, 1.82) is 0 Å². The van der Waals surface area contributed by atoms with Crippen molar-refractivity contribution in [2.45, 2.75) is 25.4 Å². The second kappa shape index (κ2) is 10.5. The van der Waals surface area contributed by atoms with Crippen molar-refractivity contribution in [3.05, 3.63) is 134 Å². The third-order valence-corrected chi connectivity index (χ3v) is 8.56. The van der Waals surface area contributed by atoms with Gasteiger partial charge in [-0.15, -0.1) is 0 Å². The number of non-ortho nitro benzene ring substituents is 1. The maximum atomic E-state index is 13.8. The van der Waals surface area contributed by atoms with E-state index in [9.17, 15) is 19.7 Å². The van der Waals surface area contributed by atoms with Crippen LogP contribution in [0.25, 0.3) is 0 Å². The number of nitrogens with zero attached hydrogens (tertiary/aromatic N) is 3. The van der Waals surface area contributed by atoms with E-state index in [4.69, 9.17) is 9.47 Å². The third kappa shape index (κ3) is 4.35. The summed E-state index contributed by atoms with van der Waals surface area (Å²) in [6, 6.07) is 27.6. The van der Waals surface area contributed by atoms with Gasteiger partial charge >= 0.3 is 0 Å². The minimum Gasteiger partial charge on any atom is -0.490 e. The summed E-state index contributed by atoms with van der Waals surface area (Å²) in [4.78, 5) is 38.0. The normalized spacial score (nSPS) is 21.5. The van der Waals surface area contributed by atoms with E-state index in [1.54, 1.807) is 30.3 Å². The molecule has 0 aromatic heterocycles. The summed E-state index contributed by atoms with van der Waals surface area (Å²) in [5, 5.41) is 16.4. The van der Waals surface area contributed by atoms with E-state index in [1.165, 1.54) is 18.3 Å². The molecule has 9 nitrogen and oxygen atoms in total. The van der Waals surface area contributed by atoms with Crippen molar-refractivity contribution in [2.24, 2.45) is 16.9 Å². The summed E-state index contributed by atoms with van der Waals surface area (Å²) in [6.07, 6.45) is 1.50. The number of benzene rings is 4. The molecular weight excluding hydrogens is 546 g/mol. The highest BCUT2D eigenvalue weighted by Crippen LogP contribution is 2.61. The number of nitro groups is 1. The number of rotatable bonds is 8. The number of hydrazone groups is 1. The van der Waals surface area contributed by atoms with Gasteiger partial charge in [0.05, 0.1) is 29.6 Å². The van der Waals surface area contributed by atoms with E-state index >= 15 is 0 Å². The lowest BCUT2D eigenvalue weighted by Crippen LogP contribution is -2.41. The van der Waals surface area contributed by atoms with Crippen LogP contribution in [0.5, 0.6) is 11.5 Å². The van der Waals surface area contributed by atoms with E-state index in [1.807, 2.05) is 31.2 Å². The van der Waals surface area contributed by atoms with Crippen LogP contribution in [0.4, 0.5) is 5.69 Å². The molecule has 0 N–H and O–H groups in total. The van der Waals surface area contributed by atoms with Crippen molar-refractivity contribution in [3.63, 3.8) is 0 Å². The monoisotopic (exact) mass is 573 g/mol. The first kappa shape index (κ1) is 26.6. The van der Waals surface area contributed by atoms with Gasteiger partial charge in [0.1, 0.15) is 6.61 Å². The molecule has 1 aliphatic heterocycles. The molecule has 1 fully saturated rings. The van der Waals surface area contributed by atoms with Crippen molar-refractivity contribution < 1.29 is 24.0 Å². The highest BCUT2D eigenvalue weighted by Gasteiger charge is 2.61. The molecule has 43 heavy (non-hydrogen) atoms. The lowest BCUT2D eigenvalue weighted by Gasteiger charge is -2.45. The largest absolute Gasteiger partial charge is 0.490 e. The number of carbonyl (C=O) groups is 2. The average molecular weight is 574 g/mol. The number of hydrogen-bond donors (Lipinski definition) is 0. The summed E-state index contributed by atoms with van der Waals surface area (Å²) in [5.74, 6) is -0.945. The van der Waals surface area contributed by atoms with Crippen LogP contribution in [0.15, 0.2) is 96.1 Å². The Morgan fingerprint density at radius 3 is 1.86 bits per heavy atom. The topological polar surface area (TPSA) is 111 Å². The minimum absolute atomic E-state index is 0.0124.